The van der Waals surface area contributed by atoms with Crippen LogP contribution in [0.1, 0.15) is 63.0 Å². The number of anilines is 1. The van der Waals surface area contributed by atoms with Crippen molar-refractivity contribution in [3.63, 3.8) is 0 Å². The molecule has 7 rings (SSSR count). The van der Waals surface area contributed by atoms with Gasteiger partial charge in [-0.2, -0.15) is 0 Å². The molecule has 5 aliphatic rings. The van der Waals surface area contributed by atoms with Crippen molar-refractivity contribution in [2.24, 2.45) is 11.8 Å². The zero-order valence-corrected chi connectivity index (χ0v) is 24.0. The van der Waals surface area contributed by atoms with E-state index in [1.54, 1.807) is 4.90 Å². The standard InChI is InChI=1S/C33H37N3O6/c1-19(2)21-9-11-23(12-10-21)34-30(37)27-25-14-15-33(42-25)28(27)32(39)36(17-20-8-13-24-26(16-20)41-18-40-24)29(33)31(38)35-22-6-4-3-5-7-22/h8-16,19,22,25,27-29H,3-7,17-18H2,1-2H3,(H,34,37)(H,35,38)/t25-,27+,28-,29-,33-/m1/s1. The van der Waals surface area contributed by atoms with Crippen LogP contribution in [0.4, 0.5) is 5.69 Å². The Morgan fingerprint density at radius 3 is 2.52 bits per heavy atom. The molecule has 2 aromatic rings. The van der Waals surface area contributed by atoms with Gasteiger partial charge in [-0.05, 0) is 54.2 Å². The molecule has 2 saturated heterocycles. The molecule has 9 heteroatoms. The highest BCUT2D eigenvalue weighted by Crippen LogP contribution is 2.55. The molecular weight excluding hydrogens is 534 g/mol. The van der Waals surface area contributed by atoms with Crippen molar-refractivity contribution in [3.05, 3.63) is 65.7 Å². The Kier molecular flexibility index (Phi) is 6.72. The Hall–Kier alpha value is -3.85. The lowest BCUT2D eigenvalue weighted by Crippen LogP contribution is -2.56. The first-order chi connectivity index (χ1) is 20.3. The number of hydrogen-bond acceptors (Lipinski definition) is 6. The van der Waals surface area contributed by atoms with Gasteiger partial charge in [0.15, 0.2) is 11.5 Å². The van der Waals surface area contributed by atoms with Gasteiger partial charge in [0.25, 0.3) is 0 Å². The number of carbonyl (C=O) groups excluding carboxylic acids is 3. The second-order valence-corrected chi connectivity index (χ2v) is 12.5. The number of rotatable bonds is 7. The molecule has 1 aliphatic carbocycles. The number of hydrogen-bond donors (Lipinski definition) is 2. The smallest absolute Gasteiger partial charge is 0.246 e. The maximum absolute atomic E-state index is 14.3. The Morgan fingerprint density at radius 2 is 1.76 bits per heavy atom. The van der Waals surface area contributed by atoms with Crippen LogP contribution in [0.25, 0.3) is 0 Å². The van der Waals surface area contributed by atoms with Crippen molar-refractivity contribution >= 4 is 23.4 Å². The molecular formula is C33H37N3O6. The summed E-state index contributed by atoms with van der Waals surface area (Å²) in [6.45, 7) is 4.57. The van der Waals surface area contributed by atoms with Gasteiger partial charge in [-0.15, -0.1) is 0 Å². The summed E-state index contributed by atoms with van der Waals surface area (Å²) in [6.07, 6.45) is 8.28. The summed E-state index contributed by atoms with van der Waals surface area (Å²) < 4.78 is 17.5. The fourth-order valence-electron chi connectivity index (χ4n) is 7.38. The van der Waals surface area contributed by atoms with Crippen LogP contribution in [0.15, 0.2) is 54.6 Å². The molecule has 5 atom stereocenters. The summed E-state index contributed by atoms with van der Waals surface area (Å²) in [7, 11) is 0. The van der Waals surface area contributed by atoms with E-state index in [4.69, 9.17) is 14.2 Å². The minimum atomic E-state index is -1.21. The van der Waals surface area contributed by atoms with Crippen molar-refractivity contribution in [1.29, 1.82) is 0 Å². The third kappa shape index (κ3) is 4.45. The normalized spacial score (nSPS) is 29.3. The highest BCUT2D eigenvalue weighted by molar-refractivity contribution is 6.02. The average molecular weight is 572 g/mol. The van der Waals surface area contributed by atoms with Gasteiger partial charge in [0, 0.05) is 18.3 Å². The minimum Gasteiger partial charge on any atom is -0.454 e. The third-order valence-electron chi connectivity index (χ3n) is 9.51. The predicted octanol–water partition coefficient (Wildman–Crippen LogP) is 4.28. The first-order valence-corrected chi connectivity index (χ1v) is 15.1. The maximum atomic E-state index is 14.3. The number of nitrogens with zero attached hydrogens (tertiary/aromatic N) is 1. The van der Waals surface area contributed by atoms with Gasteiger partial charge < -0.3 is 29.7 Å². The van der Waals surface area contributed by atoms with E-state index in [2.05, 4.69) is 24.5 Å². The molecule has 0 unspecified atom stereocenters. The van der Waals surface area contributed by atoms with E-state index in [1.165, 1.54) is 12.0 Å². The molecule has 2 bridgehead atoms. The molecule has 1 spiro atoms. The Morgan fingerprint density at radius 1 is 1.00 bits per heavy atom. The van der Waals surface area contributed by atoms with Crippen LogP contribution in [-0.4, -0.2) is 53.2 Å². The van der Waals surface area contributed by atoms with Gasteiger partial charge in [0.2, 0.25) is 24.5 Å². The van der Waals surface area contributed by atoms with E-state index < -0.39 is 29.6 Å². The quantitative estimate of drug-likeness (QED) is 0.481. The van der Waals surface area contributed by atoms with E-state index in [0.717, 1.165) is 31.2 Å². The van der Waals surface area contributed by atoms with Gasteiger partial charge in [-0.25, -0.2) is 0 Å². The summed E-state index contributed by atoms with van der Waals surface area (Å²) in [5.74, 6) is -0.680. The fourth-order valence-corrected chi connectivity index (χ4v) is 7.38. The molecule has 1 saturated carbocycles. The predicted molar refractivity (Wildman–Crippen MR) is 155 cm³/mol. The summed E-state index contributed by atoms with van der Waals surface area (Å²) in [4.78, 5) is 43.7. The molecule has 4 aliphatic heterocycles. The lowest BCUT2D eigenvalue weighted by molar-refractivity contribution is -0.142. The van der Waals surface area contributed by atoms with Gasteiger partial charge in [-0.3, -0.25) is 14.4 Å². The van der Waals surface area contributed by atoms with Crippen LogP contribution in [0.5, 0.6) is 11.5 Å². The highest BCUT2D eigenvalue weighted by atomic mass is 16.7. The molecule has 0 aromatic heterocycles. The largest absolute Gasteiger partial charge is 0.454 e. The minimum absolute atomic E-state index is 0.0692. The summed E-state index contributed by atoms with van der Waals surface area (Å²) in [5, 5.41) is 6.25. The number of carbonyl (C=O) groups is 3. The SMILES string of the molecule is CC(C)c1ccc(NC(=O)[C@H]2[C@H]3C=C[C@@]4(O3)[C@H]2C(=O)N(Cc2ccc3c(c2)OCO3)[C@@H]4C(=O)NC2CCCCC2)cc1. The van der Waals surface area contributed by atoms with Gasteiger partial charge in [0.05, 0.1) is 17.9 Å². The lowest BCUT2D eigenvalue weighted by atomic mass is 9.74. The van der Waals surface area contributed by atoms with Crippen LogP contribution in [0.2, 0.25) is 0 Å². The molecule has 220 valence electrons. The Balaban J connectivity index is 1.19. The number of ether oxygens (including phenoxy) is 3. The molecule has 3 fully saturated rings. The third-order valence-corrected chi connectivity index (χ3v) is 9.51. The highest BCUT2D eigenvalue weighted by Gasteiger charge is 2.72. The fraction of sp³-hybridized carbons (Fsp3) is 0.485. The molecule has 9 nitrogen and oxygen atoms in total. The van der Waals surface area contributed by atoms with Crippen molar-refractivity contribution in [1.82, 2.24) is 10.2 Å². The zero-order valence-electron chi connectivity index (χ0n) is 24.0. The topological polar surface area (TPSA) is 106 Å². The summed E-state index contributed by atoms with van der Waals surface area (Å²) in [5.41, 5.74) is 1.44. The molecule has 2 aromatic carbocycles. The lowest BCUT2D eigenvalue weighted by Gasteiger charge is -2.34. The van der Waals surface area contributed by atoms with E-state index in [-0.39, 0.29) is 37.1 Å². The monoisotopic (exact) mass is 571 g/mol. The molecule has 3 amide bonds. The van der Waals surface area contributed by atoms with Crippen LogP contribution in [-0.2, 0) is 25.7 Å². The number of benzene rings is 2. The van der Waals surface area contributed by atoms with E-state index in [9.17, 15) is 14.4 Å². The second kappa shape index (κ2) is 10.5. The molecule has 0 radical (unpaired) electrons. The Bertz CT molecular complexity index is 1430. The number of fused-ring (bicyclic) bond motifs is 2. The Labute approximate surface area is 245 Å². The van der Waals surface area contributed by atoms with Crippen molar-refractivity contribution < 1.29 is 28.6 Å². The van der Waals surface area contributed by atoms with E-state index in [0.29, 0.717) is 23.1 Å². The van der Waals surface area contributed by atoms with Gasteiger partial charge >= 0.3 is 0 Å². The average Bonchev–Trinajstić information content (AvgIpc) is 3.75. The molecule has 42 heavy (non-hydrogen) atoms. The second-order valence-electron chi connectivity index (χ2n) is 12.5. The van der Waals surface area contributed by atoms with E-state index >= 15 is 0 Å². The van der Waals surface area contributed by atoms with Crippen LogP contribution in [0.3, 0.4) is 0 Å². The molecule has 4 heterocycles. The number of amides is 3. The van der Waals surface area contributed by atoms with Crippen molar-refractivity contribution in [2.45, 2.75) is 82.2 Å². The van der Waals surface area contributed by atoms with Gasteiger partial charge in [-0.1, -0.05) is 63.5 Å². The summed E-state index contributed by atoms with van der Waals surface area (Å²) >= 11 is 0. The molecule has 2 N–H and O–H groups in total. The number of likely N-dealkylation sites (tertiary alicyclic amines) is 1. The van der Waals surface area contributed by atoms with Gasteiger partial charge in [0.1, 0.15) is 11.6 Å². The van der Waals surface area contributed by atoms with Crippen molar-refractivity contribution in [3.8, 4) is 11.5 Å². The van der Waals surface area contributed by atoms with Crippen LogP contribution in [0, 0.1) is 11.8 Å². The first kappa shape index (κ1) is 27.0. The first-order valence-electron chi connectivity index (χ1n) is 15.1. The zero-order chi connectivity index (χ0) is 29.0. The maximum Gasteiger partial charge on any atom is 0.246 e. The van der Waals surface area contributed by atoms with Crippen LogP contribution >= 0.6 is 0 Å². The summed E-state index contributed by atoms with van der Waals surface area (Å²) in [6, 6.07) is 12.5. The van der Waals surface area contributed by atoms with Crippen LogP contribution < -0.4 is 20.1 Å². The number of nitrogens with one attached hydrogen (secondary N) is 2. The van der Waals surface area contributed by atoms with Crippen molar-refractivity contribution in [2.75, 3.05) is 12.1 Å². The van der Waals surface area contributed by atoms with E-state index in [1.807, 2.05) is 54.6 Å².